The van der Waals surface area contributed by atoms with Crippen LogP contribution in [0.1, 0.15) is 11.1 Å². The van der Waals surface area contributed by atoms with E-state index in [0.29, 0.717) is 11.1 Å². The topological polar surface area (TPSA) is 122 Å². The fourth-order valence-corrected chi connectivity index (χ4v) is 1.45. The SMILES string of the molecule is Cc1c(CNC(=O)NCC(=O)O)cccc1[N+](=O)[O-]. The van der Waals surface area contributed by atoms with E-state index < -0.39 is 23.5 Å². The molecule has 3 N–H and O–H groups in total. The predicted molar refractivity (Wildman–Crippen MR) is 65.7 cm³/mol. The van der Waals surface area contributed by atoms with Gasteiger partial charge in [-0.05, 0) is 12.5 Å². The van der Waals surface area contributed by atoms with Gasteiger partial charge in [0.1, 0.15) is 6.54 Å². The minimum absolute atomic E-state index is 0.0229. The Morgan fingerprint density at radius 3 is 2.63 bits per heavy atom. The number of carboxylic acid groups (broad SMARTS) is 1. The van der Waals surface area contributed by atoms with Crippen molar-refractivity contribution in [3.05, 3.63) is 39.4 Å². The summed E-state index contributed by atoms with van der Waals surface area (Å²) >= 11 is 0. The molecule has 102 valence electrons. The Kier molecular flexibility index (Phi) is 4.81. The molecule has 0 saturated heterocycles. The zero-order chi connectivity index (χ0) is 14.4. The van der Waals surface area contributed by atoms with Gasteiger partial charge in [0.15, 0.2) is 0 Å². The van der Waals surface area contributed by atoms with Crippen LogP contribution in [-0.4, -0.2) is 28.6 Å². The first-order chi connectivity index (χ1) is 8.91. The van der Waals surface area contributed by atoms with Crippen LogP contribution >= 0.6 is 0 Å². The fourth-order valence-electron chi connectivity index (χ4n) is 1.45. The molecule has 1 aromatic rings. The van der Waals surface area contributed by atoms with Crippen molar-refractivity contribution in [1.29, 1.82) is 0 Å². The average Bonchev–Trinajstić information content (AvgIpc) is 2.34. The Morgan fingerprint density at radius 1 is 1.37 bits per heavy atom. The second kappa shape index (κ2) is 6.34. The van der Waals surface area contributed by atoms with Crippen molar-refractivity contribution in [2.75, 3.05) is 6.54 Å². The van der Waals surface area contributed by atoms with Crippen LogP contribution in [-0.2, 0) is 11.3 Å². The third-order valence-electron chi connectivity index (χ3n) is 2.45. The molecule has 0 aromatic heterocycles. The maximum atomic E-state index is 11.2. The number of nitro benzene ring substituents is 1. The first-order valence-corrected chi connectivity index (χ1v) is 5.38. The molecule has 0 atom stereocenters. The van der Waals surface area contributed by atoms with Crippen LogP contribution in [0.4, 0.5) is 10.5 Å². The highest BCUT2D eigenvalue weighted by Gasteiger charge is 2.13. The van der Waals surface area contributed by atoms with E-state index in [9.17, 15) is 19.7 Å². The molecule has 19 heavy (non-hydrogen) atoms. The van der Waals surface area contributed by atoms with Crippen LogP contribution < -0.4 is 10.6 Å². The highest BCUT2D eigenvalue weighted by atomic mass is 16.6. The van der Waals surface area contributed by atoms with E-state index >= 15 is 0 Å². The molecule has 8 heteroatoms. The standard InChI is InChI=1S/C11H13N3O5/c1-7-8(3-2-4-9(7)14(18)19)5-12-11(17)13-6-10(15)16/h2-4H,5-6H2,1H3,(H,15,16)(H2,12,13,17). The summed E-state index contributed by atoms with van der Waals surface area (Å²) in [6, 6.07) is 3.91. The quantitative estimate of drug-likeness (QED) is 0.537. The predicted octanol–water partition coefficient (Wildman–Crippen LogP) is 0.787. The van der Waals surface area contributed by atoms with Crippen LogP contribution in [0.5, 0.6) is 0 Å². The summed E-state index contributed by atoms with van der Waals surface area (Å²) in [5.74, 6) is -1.15. The minimum atomic E-state index is -1.15. The summed E-state index contributed by atoms with van der Waals surface area (Å²) in [6.45, 7) is 1.18. The second-order valence-corrected chi connectivity index (χ2v) is 3.75. The van der Waals surface area contributed by atoms with Gasteiger partial charge in [0.05, 0.1) is 4.92 Å². The number of urea groups is 1. The molecule has 1 aromatic carbocycles. The molecular formula is C11H13N3O5. The summed E-state index contributed by atoms with van der Waals surface area (Å²) in [6.07, 6.45) is 0. The smallest absolute Gasteiger partial charge is 0.323 e. The molecule has 0 bridgehead atoms. The van der Waals surface area contributed by atoms with Gasteiger partial charge in [-0.1, -0.05) is 12.1 Å². The van der Waals surface area contributed by atoms with Crippen molar-refractivity contribution in [2.45, 2.75) is 13.5 Å². The number of aliphatic carboxylic acids is 1. The Hall–Kier alpha value is -2.64. The third kappa shape index (κ3) is 4.26. The number of carbonyl (C=O) groups is 2. The van der Waals surface area contributed by atoms with Gasteiger partial charge in [0.2, 0.25) is 0 Å². The van der Waals surface area contributed by atoms with Gasteiger partial charge >= 0.3 is 12.0 Å². The molecule has 0 spiro atoms. The van der Waals surface area contributed by atoms with Gasteiger partial charge < -0.3 is 15.7 Å². The van der Waals surface area contributed by atoms with Crippen LogP contribution in [0.15, 0.2) is 18.2 Å². The number of amides is 2. The largest absolute Gasteiger partial charge is 0.480 e. The van der Waals surface area contributed by atoms with Crippen molar-refractivity contribution >= 4 is 17.7 Å². The summed E-state index contributed by atoms with van der Waals surface area (Å²) in [7, 11) is 0. The lowest BCUT2D eigenvalue weighted by atomic mass is 10.1. The van der Waals surface area contributed by atoms with Crippen molar-refractivity contribution in [1.82, 2.24) is 10.6 Å². The lowest BCUT2D eigenvalue weighted by Crippen LogP contribution is -2.38. The van der Waals surface area contributed by atoms with E-state index in [1.54, 1.807) is 13.0 Å². The molecule has 0 aliphatic rings. The number of benzene rings is 1. The fraction of sp³-hybridized carbons (Fsp3) is 0.273. The van der Waals surface area contributed by atoms with E-state index in [2.05, 4.69) is 10.6 Å². The van der Waals surface area contributed by atoms with E-state index in [1.807, 2.05) is 0 Å². The van der Waals surface area contributed by atoms with Crippen molar-refractivity contribution in [3.63, 3.8) is 0 Å². The van der Waals surface area contributed by atoms with E-state index in [0.717, 1.165) is 0 Å². The van der Waals surface area contributed by atoms with Gasteiger partial charge in [-0.2, -0.15) is 0 Å². The number of nitrogens with zero attached hydrogens (tertiary/aromatic N) is 1. The molecule has 0 aliphatic heterocycles. The molecule has 2 amide bonds. The Morgan fingerprint density at radius 2 is 2.05 bits per heavy atom. The van der Waals surface area contributed by atoms with Crippen LogP contribution in [0.25, 0.3) is 0 Å². The van der Waals surface area contributed by atoms with Crippen LogP contribution in [0.3, 0.4) is 0 Å². The maximum Gasteiger partial charge on any atom is 0.323 e. The van der Waals surface area contributed by atoms with Gasteiger partial charge in [0.25, 0.3) is 5.69 Å². The van der Waals surface area contributed by atoms with Crippen molar-refractivity contribution in [2.24, 2.45) is 0 Å². The highest BCUT2D eigenvalue weighted by molar-refractivity contribution is 5.79. The first kappa shape index (κ1) is 14.4. The van der Waals surface area contributed by atoms with Crippen molar-refractivity contribution < 1.29 is 19.6 Å². The monoisotopic (exact) mass is 267 g/mol. The zero-order valence-electron chi connectivity index (χ0n) is 10.2. The molecule has 8 nitrogen and oxygen atoms in total. The van der Waals surface area contributed by atoms with Crippen LogP contribution in [0.2, 0.25) is 0 Å². The Bertz CT molecular complexity index is 515. The number of rotatable bonds is 5. The first-order valence-electron chi connectivity index (χ1n) is 5.38. The van der Waals surface area contributed by atoms with E-state index in [-0.39, 0.29) is 12.2 Å². The minimum Gasteiger partial charge on any atom is -0.480 e. The molecule has 0 fully saturated rings. The summed E-state index contributed by atoms with van der Waals surface area (Å²) in [5, 5.41) is 23.7. The molecule has 0 saturated carbocycles. The maximum absolute atomic E-state index is 11.2. The molecule has 0 unspecified atom stereocenters. The number of carbonyl (C=O) groups excluding carboxylic acids is 1. The summed E-state index contributed by atoms with van der Waals surface area (Å²) in [5.41, 5.74) is 1.04. The van der Waals surface area contributed by atoms with E-state index in [1.165, 1.54) is 12.1 Å². The van der Waals surface area contributed by atoms with Gasteiger partial charge in [-0.15, -0.1) is 0 Å². The second-order valence-electron chi connectivity index (χ2n) is 3.75. The molecule has 0 aliphatic carbocycles. The number of hydrogen-bond donors (Lipinski definition) is 3. The highest BCUT2D eigenvalue weighted by Crippen LogP contribution is 2.20. The molecular weight excluding hydrogens is 254 g/mol. The van der Waals surface area contributed by atoms with Gasteiger partial charge in [-0.3, -0.25) is 14.9 Å². The normalized spacial score (nSPS) is 9.74. The zero-order valence-corrected chi connectivity index (χ0v) is 10.2. The molecule has 1 rings (SSSR count). The lowest BCUT2D eigenvalue weighted by Gasteiger charge is -2.08. The average molecular weight is 267 g/mol. The molecule has 0 radical (unpaired) electrons. The van der Waals surface area contributed by atoms with E-state index in [4.69, 9.17) is 5.11 Å². The number of nitrogens with one attached hydrogen (secondary N) is 2. The molecule has 0 heterocycles. The number of hydrogen-bond acceptors (Lipinski definition) is 4. The Labute approximate surface area is 108 Å². The summed E-state index contributed by atoms with van der Waals surface area (Å²) in [4.78, 5) is 31.7. The van der Waals surface area contributed by atoms with Crippen molar-refractivity contribution in [3.8, 4) is 0 Å². The van der Waals surface area contributed by atoms with Gasteiger partial charge in [-0.25, -0.2) is 4.79 Å². The Balaban J connectivity index is 2.63. The van der Waals surface area contributed by atoms with Gasteiger partial charge in [0, 0.05) is 18.2 Å². The van der Waals surface area contributed by atoms with Crippen LogP contribution in [0, 0.1) is 17.0 Å². The lowest BCUT2D eigenvalue weighted by molar-refractivity contribution is -0.385. The summed E-state index contributed by atoms with van der Waals surface area (Å²) < 4.78 is 0. The third-order valence-corrected chi connectivity index (χ3v) is 2.45. The number of nitro groups is 1. The number of carboxylic acids is 1.